The molecule has 1 N–H and O–H groups in total. The third-order valence-electron chi connectivity index (χ3n) is 6.21. The quantitative estimate of drug-likeness (QED) is 0.931. The van der Waals surface area contributed by atoms with Crippen LogP contribution in [0.2, 0.25) is 0 Å². The molecule has 1 aliphatic heterocycles. The minimum absolute atomic E-state index is 0.0223. The number of carbonyl (C=O) groups excluding carboxylic acids is 1. The van der Waals surface area contributed by atoms with Crippen molar-refractivity contribution in [3.05, 3.63) is 35.9 Å². The Morgan fingerprint density at radius 2 is 1.82 bits per heavy atom. The Balaban J connectivity index is 1.63. The smallest absolute Gasteiger partial charge is 0.326 e. The Kier molecular flexibility index (Phi) is 2.58. The van der Waals surface area contributed by atoms with Crippen molar-refractivity contribution in [2.75, 3.05) is 6.54 Å². The topological polar surface area (TPSA) is 57.6 Å². The molecule has 1 amide bonds. The summed E-state index contributed by atoms with van der Waals surface area (Å²) in [7, 11) is 0. The third-order valence-corrected chi connectivity index (χ3v) is 6.21. The Bertz CT molecular complexity index is 648. The van der Waals surface area contributed by atoms with Gasteiger partial charge in [-0.2, -0.15) is 0 Å². The van der Waals surface area contributed by atoms with E-state index in [0.717, 1.165) is 18.4 Å². The van der Waals surface area contributed by atoms with E-state index in [1.54, 1.807) is 4.90 Å². The van der Waals surface area contributed by atoms with E-state index >= 15 is 0 Å². The number of hydrogen-bond acceptors (Lipinski definition) is 2. The van der Waals surface area contributed by atoms with Crippen molar-refractivity contribution in [3.8, 4) is 0 Å². The second kappa shape index (κ2) is 4.12. The lowest BCUT2D eigenvalue weighted by molar-refractivity contribution is -0.151. The number of fused-ring (bicyclic) bond motifs is 1. The maximum atomic E-state index is 13.1. The van der Waals surface area contributed by atoms with Gasteiger partial charge < -0.3 is 10.0 Å². The fourth-order valence-corrected chi connectivity index (χ4v) is 4.56. The van der Waals surface area contributed by atoms with Gasteiger partial charge in [-0.15, -0.1) is 0 Å². The van der Waals surface area contributed by atoms with Gasteiger partial charge in [-0.1, -0.05) is 44.2 Å². The standard InChI is InChI=1S/C18H21NO3/c1-17(2)12-10-19(14(13(12)17)15(20)21)16(22)18(8-9-18)11-6-4-3-5-7-11/h3-7,12-14H,8-10H2,1-2H3,(H,20,21)/t12-,13-,14-/m0/s1. The summed E-state index contributed by atoms with van der Waals surface area (Å²) in [6.07, 6.45) is 1.66. The molecule has 116 valence electrons. The molecule has 3 aliphatic rings. The maximum Gasteiger partial charge on any atom is 0.326 e. The van der Waals surface area contributed by atoms with Crippen molar-refractivity contribution in [2.24, 2.45) is 17.3 Å². The fraction of sp³-hybridized carbons (Fsp3) is 0.556. The van der Waals surface area contributed by atoms with Gasteiger partial charge in [-0.3, -0.25) is 4.79 Å². The number of rotatable bonds is 3. The van der Waals surface area contributed by atoms with Gasteiger partial charge in [0, 0.05) is 12.5 Å². The molecule has 2 saturated carbocycles. The first kappa shape index (κ1) is 13.8. The van der Waals surface area contributed by atoms with E-state index in [1.165, 1.54) is 0 Å². The number of amides is 1. The van der Waals surface area contributed by atoms with Gasteiger partial charge >= 0.3 is 5.97 Å². The zero-order chi connectivity index (χ0) is 15.7. The first-order valence-corrected chi connectivity index (χ1v) is 7.99. The molecule has 1 heterocycles. The maximum absolute atomic E-state index is 13.1. The van der Waals surface area contributed by atoms with Crippen molar-refractivity contribution in [2.45, 2.75) is 38.1 Å². The summed E-state index contributed by atoms with van der Waals surface area (Å²) in [4.78, 5) is 26.5. The van der Waals surface area contributed by atoms with Crippen LogP contribution in [0, 0.1) is 17.3 Å². The van der Waals surface area contributed by atoms with Crippen LogP contribution in [0.5, 0.6) is 0 Å². The van der Waals surface area contributed by atoms with Gasteiger partial charge in [0.15, 0.2) is 0 Å². The van der Waals surface area contributed by atoms with Crippen LogP contribution in [0.1, 0.15) is 32.3 Å². The number of piperidine rings is 1. The van der Waals surface area contributed by atoms with E-state index in [4.69, 9.17) is 0 Å². The molecule has 0 aromatic heterocycles. The van der Waals surface area contributed by atoms with Crippen LogP contribution in [0.4, 0.5) is 0 Å². The van der Waals surface area contributed by atoms with Crippen LogP contribution < -0.4 is 0 Å². The molecule has 0 unspecified atom stereocenters. The van der Waals surface area contributed by atoms with Crippen LogP contribution in [0.25, 0.3) is 0 Å². The number of nitrogens with zero attached hydrogens (tertiary/aromatic N) is 1. The lowest BCUT2D eigenvalue weighted by atomic mass is 9.92. The van der Waals surface area contributed by atoms with E-state index in [-0.39, 0.29) is 17.2 Å². The Morgan fingerprint density at radius 1 is 1.18 bits per heavy atom. The molecule has 0 spiro atoms. The molecule has 3 fully saturated rings. The largest absolute Gasteiger partial charge is 0.480 e. The number of benzene rings is 1. The fourth-order valence-electron chi connectivity index (χ4n) is 4.56. The number of carbonyl (C=O) groups is 2. The Hall–Kier alpha value is -1.84. The lowest BCUT2D eigenvalue weighted by Crippen LogP contribution is -2.49. The van der Waals surface area contributed by atoms with E-state index in [2.05, 4.69) is 13.8 Å². The van der Waals surface area contributed by atoms with E-state index in [0.29, 0.717) is 12.5 Å². The molecule has 4 nitrogen and oxygen atoms in total. The second-order valence-electron chi connectivity index (χ2n) is 7.64. The van der Waals surface area contributed by atoms with Crippen molar-refractivity contribution in [3.63, 3.8) is 0 Å². The monoisotopic (exact) mass is 299 g/mol. The predicted molar refractivity (Wildman–Crippen MR) is 81.3 cm³/mol. The molecule has 0 bridgehead atoms. The molecular formula is C18H21NO3. The summed E-state index contributed by atoms with van der Waals surface area (Å²) in [5.74, 6) is -0.381. The minimum Gasteiger partial charge on any atom is -0.480 e. The molecule has 0 radical (unpaired) electrons. The molecule has 3 atom stereocenters. The number of carboxylic acid groups (broad SMARTS) is 1. The molecule has 4 rings (SSSR count). The molecule has 2 aliphatic carbocycles. The minimum atomic E-state index is -0.852. The predicted octanol–water partition coefficient (Wildman–Crippen LogP) is 2.29. The molecule has 1 aromatic carbocycles. The summed E-state index contributed by atoms with van der Waals surface area (Å²) >= 11 is 0. The van der Waals surface area contributed by atoms with Crippen molar-refractivity contribution < 1.29 is 14.7 Å². The van der Waals surface area contributed by atoms with E-state index < -0.39 is 17.4 Å². The number of likely N-dealkylation sites (tertiary alicyclic amines) is 1. The Labute approximate surface area is 130 Å². The highest BCUT2D eigenvalue weighted by atomic mass is 16.4. The zero-order valence-electron chi connectivity index (χ0n) is 13.0. The Morgan fingerprint density at radius 3 is 2.36 bits per heavy atom. The number of aliphatic carboxylic acids is 1. The molecule has 4 heteroatoms. The van der Waals surface area contributed by atoms with E-state index in [1.807, 2.05) is 30.3 Å². The molecule has 1 aromatic rings. The SMILES string of the molecule is CC1(C)[C@@H]2[C@@H](C(=O)O)N(C(=O)C3(c4ccccc4)CC3)C[C@@H]21. The number of carboxylic acids is 1. The van der Waals surface area contributed by atoms with Gasteiger partial charge in [0.1, 0.15) is 6.04 Å². The summed E-state index contributed by atoms with van der Waals surface area (Å²) < 4.78 is 0. The average Bonchev–Trinajstić information content (AvgIpc) is 3.33. The summed E-state index contributed by atoms with van der Waals surface area (Å²) in [6, 6.07) is 9.17. The third kappa shape index (κ3) is 1.64. The normalized spacial score (nSPS) is 33.2. The van der Waals surface area contributed by atoms with Crippen LogP contribution >= 0.6 is 0 Å². The highest BCUT2D eigenvalue weighted by molar-refractivity contribution is 5.95. The van der Waals surface area contributed by atoms with Crippen LogP contribution in [-0.2, 0) is 15.0 Å². The molecule has 22 heavy (non-hydrogen) atoms. The van der Waals surface area contributed by atoms with Gasteiger partial charge in [-0.25, -0.2) is 4.79 Å². The lowest BCUT2D eigenvalue weighted by Gasteiger charge is -2.31. The van der Waals surface area contributed by atoms with Gasteiger partial charge in [0.2, 0.25) is 5.91 Å². The second-order valence-corrected chi connectivity index (χ2v) is 7.64. The van der Waals surface area contributed by atoms with Crippen LogP contribution in [-0.4, -0.2) is 34.5 Å². The highest BCUT2D eigenvalue weighted by Gasteiger charge is 2.71. The van der Waals surface area contributed by atoms with Crippen molar-refractivity contribution >= 4 is 11.9 Å². The first-order valence-electron chi connectivity index (χ1n) is 7.99. The van der Waals surface area contributed by atoms with Gasteiger partial charge in [0.05, 0.1) is 5.41 Å². The summed E-state index contributed by atoms with van der Waals surface area (Å²) in [5, 5.41) is 9.62. The van der Waals surface area contributed by atoms with E-state index in [9.17, 15) is 14.7 Å². The van der Waals surface area contributed by atoms with Crippen LogP contribution in [0.15, 0.2) is 30.3 Å². The molecule has 1 saturated heterocycles. The summed E-state index contributed by atoms with van der Waals surface area (Å²) in [5.41, 5.74) is 0.628. The first-order chi connectivity index (χ1) is 10.4. The van der Waals surface area contributed by atoms with Crippen molar-refractivity contribution in [1.29, 1.82) is 0 Å². The zero-order valence-corrected chi connectivity index (χ0v) is 13.0. The highest BCUT2D eigenvalue weighted by Crippen LogP contribution is 2.65. The van der Waals surface area contributed by atoms with Crippen LogP contribution in [0.3, 0.4) is 0 Å². The average molecular weight is 299 g/mol. The molecular weight excluding hydrogens is 278 g/mol. The number of hydrogen-bond donors (Lipinski definition) is 1. The van der Waals surface area contributed by atoms with Crippen molar-refractivity contribution in [1.82, 2.24) is 4.90 Å². The summed E-state index contributed by atoms with van der Waals surface area (Å²) in [6.45, 7) is 4.83. The van der Waals surface area contributed by atoms with Gasteiger partial charge in [-0.05, 0) is 29.7 Å². The van der Waals surface area contributed by atoms with Gasteiger partial charge in [0.25, 0.3) is 0 Å².